The summed E-state index contributed by atoms with van der Waals surface area (Å²) in [5.74, 6) is 0.207. The molecule has 1 aromatic heterocycles. The smallest absolute Gasteiger partial charge is 0.439 e. The number of rotatable bonds is 4. The quantitative estimate of drug-likeness (QED) is 0.348. The molecule has 4 nitrogen and oxygen atoms in total. The zero-order chi connectivity index (χ0) is 21.1. The summed E-state index contributed by atoms with van der Waals surface area (Å²) in [6, 6.07) is 6.74. The van der Waals surface area contributed by atoms with Crippen LogP contribution in [0.15, 0.2) is 47.5 Å². The summed E-state index contributed by atoms with van der Waals surface area (Å²) in [6.45, 7) is 7.59. The van der Waals surface area contributed by atoms with E-state index >= 15 is 0 Å². The standard InChI is InChI=1S/C17H21BF4NO3PS/c1-16(2)17(3,4)26-18(25-16)14-6-5-11-23-15(14)24-12-7-9-13(10-8-12)28(19,20,21,22)27/h5-11H,27H2,1-4H3. The molecule has 1 unspecified atom stereocenters. The van der Waals surface area contributed by atoms with Crippen LogP contribution in [0.2, 0.25) is 0 Å². The summed E-state index contributed by atoms with van der Waals surface area (Å²) in [5.41, 5.74) is -0.657. The van der Waals surface area contributed by atoms with Crippen molar-refractivity contribution in [3.05, 3.63) is 42.6 Å². The van der Waals surface area contributed by atoms with Crippen LogP contribution in [-0.4, -0.2) is 23.3 Å². The van der Waals surface area contributed by atoms with Gasteiger partial charge in [0, 0.05) is 20.1 Å². The van der Waals surface area contributed by atoms with Gasteiger partial charge in [0.1, 0.15) is 5.75 Å². The second kappa shape index (κ2) is 5.84. The van der Waals surface area contributed by atoms with Gasteiger partial charge in [0.2, 0.25) is 5.88 Å². The molecule has 0 amide bonds. The highest BCUT2D eigenvalue weighted by Crippen LogP contribution is 3.05. The first-order chi connectivity index (χ1) is 12.5. The number of hydrogen-bond donors (Lipinski definition) is 0. The minimum Gasteiger partial charge on any atom is -0.439 e. The Morgan fingerprint density at radius 2 is 1.50 bits per heavy atom. The topological polar surface area (TPSA) is 40.6 Å². The molecule has 2 heterocycles. The lowest BCUT2D eigenvalue weighted by Crippen LogP contribution is -2.41. The van der Waals surface area contributed by atoms with Gasteiger partial charge in [-0.1, -0.05) is 6.07 Å². The number of aromatic nitrogens is 1. The van der Waals surface area contributed by atoms with Gasteiger partial charge >= 0.3 is 7.12 Å². The van der Waals surface area contributed by atoms with Gasteiger partial charge in [-0.25, -0.2) is 4.98 Å². The lowest BCUT2D eigenvalue weighted by molar-refractivity contribution is 0.00578. The highest BCUT2D eigenvalue weighted by molar-refractivity contribution is 8.81. The van der Waals surface area contributed by atoms with E-state index in [9.17, 15) is 15.5 Å². The summed E-state index contributed by atoms with van der Waals surface area (Å²) >= 11 is 0. The van der Waals surface area contributed by atoms with Gasteiger partial charge in [-0.2, -0.15) is 0 Å². The van der Waals surface area contributed by atoms with Crippen LogP contribution in [0.3, 0.4) is 0 Å². The van der Waals surface area contributed by atoms with Crippen molar-refractivity contribution < 1.29 is 29.6 Å². The monoisotopic (exact) mass is 437 g/mol. The predicted molar refractivity (Wildman–Crippen MR) is 106 cm³/mol. The van der Waals surface area contributed by atoms with Crippen molar-refractivity contribution in [2.75, 3.05) is 0 Å². The molecule has 28 heavy (non-hydrogen) atoms. The summed E-state index contributed by atoms with van der Waals surface area (Å²) in [6.07, 6.45) is 1.48. The molecule has 0 aliphatic carbocycles. The van der Waals surface area contributed by atoms with E-state index in [4.69, 9.17) is 14.0 Å². The average molecular weight is 437 g/mol. The third-order valence-electron chi connectivity index (χ3n) is 4.84. The Bertz CT molecular complexity index is 891. The Kier molecular flexibility index (Phi) is 4.46. The molecule has 0 bridgehead atoms. The van der Waals surface area contributed by atoms with Crippen molar-refractivity contribution in [3.8, 4) is 11.6 Å². The second-order valence-electron chi connectivity index (χ2n) is 7.69. The first-order valence-electron chi connectivity index (χ1n) is 8.39. The van der Waals surface area contributed by atoms with Crippen LogP contribution in [0.25, 0.3) is 0 Å². The van der Waals surface area contributed by atoms with E-state index in [1.165, 1.54) is 6.20 Å². The SMILES string of the molecule is CC1(C)OB(c2cccnc2Oc2ccc(S(F)(F)(F)(F)P)cc2)OC1(C)C. The van der Waals surface area contributed by atoms with Crippen LogP contribution in [0.4, 0.5) is 15.5 Å². The number of pyridine rings is 1. The molecule has 154 valence electrons. The van der Waals surface area contributed by atoms with E-state index in [0.717, 1.165) is 12.1 Å². The predicted octanol–water partition coefficient (Wildman–Crippen LogP) is 5.74. The highest BCUT2D eigenvalue weighted by Gasteiger charge is 2.59. The molecule has 11 heteroatoms. The Balaban J connectivity index is 1.88. The number of halogens is 4. The fourth-order valence-corrected chi connectivity index (χ4v) is 3.72. The van der Waals surface area contributed by atoms with E-state index in [0.29, 0.717) is 26.0 Å². The van der Waals surface area contributed by atoms with E-state index in [-0.39, 0.29) is 11.6 Å². The van der Waals surface area contributed by atoms with E-state index in [1.807, 2.05) is 27.7 Å². The Morgan fingerprint density at radius 1 is 0.964 bits per heavy atom. The largest absolute Gasteiger partial charge is 0.500 e. The van der Waals surface area contributed by atoms with Crippen molar-refractivity contribution in [2.24, 2.45) is 0 Å². The van der Waals surface area contributed by atoms with Gasteiger partial charge in [0.05, 0.1) is 16.1 Å². The maximum Gasteiger partial charge on any atom is 0.500 e. The average Bonchev–Trinajstić information content (AvgIpc) is 2.74. The summed E-state index contributed by atoms with van der Waals surface area (Å²) in [7, 11) is -8.65. The minimum absolute atomic E-state index is 0.0760. The Labute approximate surface area is 163 Å². The van der Waals surface area contributed by atoms with Crippen LogP contribution in [-0.2, 0) is 9.31 Å². The van der Waals surface area contributed by atoms with Gasteiger partial charge in [0.25, 0.3) is 0 Å². The fourth-order valence-electron chi connectivity index (χ4n) is 2.54. The van der Waals surface area contributed by atoms with Crippen molar-refractivity contribution >= 4 is 30.5 Å². The number of benzene rings is 1. The van der Waals surface area contributed by atoms with Gasteiger partial charge in [-0.3, -0.25) is 0 Å². The molecular weight excluding hydrogens is 416 g/mol. The van der Waals surface area contributed by atoms with Gasteiger partial charge in [-0.15, -0.1) is 15.5 Å². The maximum atomic E-state index is 13.5. The maximum absolute atomic E-state index is 13.5. The Morgan fingerprint density at radius 3 is 2.00 bits per heavy atom. The zero-order valence-corrected chi connectivity index (χ0v) is 17.8. The lowest BCUT2D eigenvalue weighted by Gasteiger charge is -2.45. The first-order valence-corrected chi connectivity index (χ1v) is 11.9. The van der Waals surface area contributed by atoms with E-state index in [2.05, 4.69) is 4.98 Å². The summed E-state index contributed by atoms with van der Waals surface area (Å²) in [5, 5.41) is 0. The van der Waals surface area contributed by atoms with Crippen molar-refractivity contribution in [2.45, 2.75) is 43.8 Å². The molecule has 1 aliphatic heterocycles. The second-order valence-corrected chi connectivity index (χ2v) is 13.3. The molecule has 2 aromatic rings. The highest BCUT2D eigenvalue weighted by atomic mass is 32.9. The fraction of sp³-hybridized carbons (Fsp3) is 0.353. The number of ether oxygens (including phenoxy) is 1. The number of nitrogens with zero attached hydrogens (tertiary/aromatic N) is 1. The molecule has 0 spiro atoms. The Hall–Kier alpha value is -1.35. The van der Waals surface area contributed by atoms with E-state index in [1.54, 1.807) is 12.1 Å². The third-order valence-corrected chi connectivity index (χ3v) is 6.91. The molecule has 0 saturated carbocycles. The first kappa shape index (κ1) is 21.4. The molecule has 0 radical (unpaired) electrons. The molecule has 0 N–H and O–H groups in total. The molecule has 1 saturated heterocycles. The zero-order valence-electron chi connectivity index (χ0n) is 15.8. The van der Waals surface area contributed by atoms with Crippen LogP contribution in [0, 0.1) is 0 Å². The molecule has 3 rings (SSSR count). The molecular formula is C17H21BF4NO3PS. The summed E-state index contributed by atoms with van der Waals surface area (Å²) < 4.78 is 71.5. The van der Waals surface area contributed by atoms with Gasteiger partial charge in [-0.05, 0) is 58.0 Å². The van der Waals surface area contributed by atoms with Gasteiger partial charge < -0.3 is 14.0 Å². The lowest BCUT2D eigenvalue weighted by atomic mass is 9.80. The van der Waals surface area contributed by atoms with E-state index < -0.39 is 32.7 Å². The minimum atomic E-state index is -8.32. The third kappa shape index (κ3) is 4.30. The van der Waals surface area contributed by atoms with Crippen molar-refractivity contribution in [3.63, 3.8) is 0 Å². The van der Waals surface area contributed by atoms with Crippen molar-refractivity contribution in [1.29, 1.82) is 0 Å². The molecule has 1 aromatic carbocycles. The molecule has 1 atom stereocenters. The van der Waals surface area contributed by atoms with Crippen molar-refractivity contribution in [1.82, 2.24) is 4.98 Å². The van der Waals surface area contributed by atoms with Gasteiger partial charge in [0.15, 0.2) is 9.46 Å². The molecule has 1 fully saturated rings. The van der Waals surface area contributed by atoms with Crippen LogP contribution in [0.5, 0.6) is 11.6 Å². The normalized spacial score (nSPS) is 21.1. The number of hydrogen-bond acceptors (Lipinski definition) is 4. The van der Waals surface area contributed by atoms with Crippen LogP contribution in [0.1, 0.15) is 27.7 Å². The van der Waals surface area contributed by atoms with Crippen LogP contribution < -0.4 is 10.2 Å². The van der Waals surface area contributed by atoms with Crippen LogP contribution >= 0.6 is 17.9 Å². The summed E-state index contributed by atoms with van der Waals surface area (Å²) in [4.78, 5) is 2.78. The molecule has 1 aliphatic rings.